The van der Waals surface area contributed by atoms with Crippen LogP contribution in [0.5, 0.6) is 5.75 Å². The van der Waals surface area contributed by atoms with Gasteiger partial charge in [-0.2, -0.15) is 0 Å². The van der Waals surface area contributed by atoms with Crippen LogP contribution in [0.15, 0.2) is 42.5 Å². The molecular formula is C21H24O4. The highest BCUT2D eigenvalue weighted by Crippen LogP contribution is 2.27. The maximum absolute atomic E-state index is 12.0. The van der Waals surface area contributed by atoms with Crippen LogP contribution < -0.4 is 4.74 Å². The Kier molecular flexibility index (Phi) is 6.34. The second-order valence-corrected chi connectivity index (χ2v) is 6.43. The number of ether oxygens (including phenoxy) is 2. The Labute approximate surface area is 148 Å². The summed E-state index contributed by atoms with van der Waals surface area (Å²) in [4.78, 5) is 23.9. The monoisotopic (exact) mass is 340 g/mol. The van der Waals surface area contributed by atoms with Gasteiger partial charge in [0.25, 0.3) is 0 Å². The van der Waals surface area contributed by atoms with E-state index in [2.05, 4.69) is 13.8 Å². The Morgan fingerprint density at radius 3 is 2.20 bits per heavy atom. The predicted molar refractivity (Wildman–Crippen MR) is 97.2 cm³/mol. The van der Waals surface area contributed by atoms with Crippen LogP contribution in [0.3, 0.4) is 0 Å². The summed E-state index contributed by atoms with van der Waals surface area (Å²) in [7, 11) is 0. The molecule has 0 aromatic heterocycles. The molecule has 2 aromatic rings. The van der Waals surface area contributed by atoms with Gasteiger partial charge in [-0.25, -0.2) is 4.79 Å². The van der Waals surface area contributed by atoms with Crippen LogP contribution >= 0.6 is 0 Å². The molecule has 0 heterocycles. The van der Waals surface area contributed by atoms with Crippen LogP contribution in [0, 0.1) is 13.8 Å². The fourth-order valence-electron chi connectivity index (χ4n) is 2.39. The van der Waals surface area contributed by atoms with E-state index in [9.17, 15) is 9.59 Å². The molecule has 0 amide bonds. The molecule has 0 radical (unpaired) electrons. The number of hydrogen-bond donors (Lipinski definition) is 0. The van der Waals surface area contributed by atoms with Gasteiger partial charge in [0.05, 0.1) is 0 Å². The number of esters is 1. The first-order chi connectivity index (χ1) is 11.9. The highest BCUT2D eigenvalue weighted by atomic mass is 16.6. The lowest BCUT2D eigenvalue weighted by atomic mass is 10.0. The van der Waals surface area contributed by atoms with Crippen molar-refractivity contribution in [2.45, 2.75) is 33.6 Å². The molecule has 0 atom stereocenters. The summed E-state index contributed by atoms with van der Waals surface area (Å²) in [5.41, 5.74) is 3.69. The van der Waals surface area contributed by atoms with E-state index in [-0.39, 0.29) is 24.9 Å². The van der Waals surface area contributed by atoms with Gasteiger partial charge in [-0.15, -0.1) is 0 Å². The van der Waals surface area contributed by atoms with E-state index in [1.807, 2.05) is 44.2 Å². The number of hydrogen-bond acceptors (Lipinski definition) is 4. The fraction of sp³-hybridized carbons (Fsp3) is 0.333. The quantitative estimate of drug-likeness (QED) is 0.559. The lowest BCUT2D eigenvalue weighted by Gasteiger charge is -2.14. The van der Waals surface area contributed by atoms with Gasteiger partial charge in [0.2, 0.25) is 0 Å². The molecule has 0 unspecified atom stereocenters. The van der Waals surface area contributed by atoms with Gasteiger partial charge in [0.15, 0.2) is 19.0 Å². The molecule has 2 aromatic carbocycles. The Hall–Kier alpha value is -2.62. The van der Waals surface area contributed by atoms with Gasteiger partial charge in [-0.05, 0) is 37.0 Å². The standard InChI is InChI=1S/C21H24O4/c1-14(2)18-10-7-16(4)11-20(18)24-13-21(23)25-12-19(22)17-8-5-15(3)6-9-17/h5-11,14H,12-13H2,1-4H3. The average Bonchev–Trinajstić information content (AvgIpc) is 2.58. The number of carbonyl (C=O) groups excluding carboxylic acids is 2. The van der Waals surface area contributed by atoms with Gasteiger partial charge in [0, 0.05) is 5.56 Å². The minimum absolute atomic E-state index is 0.218. The van der Waals surface area contributed by atoms with E-state index < -0.39 is 5.97 Å². The van der Waals surface area contributed by atoms with Crippen molar-refractivity contribution in [2.24, 2.45) is 0 Å². The summed E-state index contributed by atoms with van der Waals surface area (Å²) < 4.78 is 10.6. The van der Waals surface area contributed by atoms with Crippen molar-refractivity contribution in [2.75, 3.05) is 13.2 Å². The van der Waals surface area contributed by atoms with E-state index in [1.165, 1.54) is 0 Å². The molecule has 0 fully saturated rings. The first-order valence-corrected chi connectivity index (χ1v) is 8.35. The topological polar surface area (TPSA) is 52.6 Å². The third-order valence-corrected chi connectivity index (χ3v) is 3.87. The number of carbonyl (C=O) groups is 2. The van der Waals surface area contributed by atoms with Gasteiger partial charge in [0.1, 0.15) is 5.75 Å². The van der Waals surface area contributed by atoms with Crippen molar-refractivity contribution in [3.05, 3.63) is 64.7 Å². The molecule has 0 N–H and O–H groups in total. The van der Waals surface area contributed by atoms with Crippen LogP contribution in [0.4, 0.5) is 0 Å². The summed E-state index contributed by atoms with van der Waals surface area (Å²) in [6.45, 7) is 7.55. The van der Waals surface area contributed by atoms with E-state index >= 15 is 0 Å². The number of rotatable bonds is 7. The Morgan fingerprint density at radius 1 is 0.920 bits per heavy atom. The van der Waals surface area contributed by atoms with Gasteiger partial charge in [-0.3, -0.25) is 4.79 Å². The molecule has 0 aliphatic heterocycles. The van der Waals surface area contributed by atoms with Gasteiger partial charge >= 0.3 is 5.97 Å². The maximum Gasteiger partial charge on any atom is 0.344 e. The molecule has 4 heteroatoms. The predicted octanol–water partition coefficient (Wildman–Crippen LogP) is 4.23. The van der Waals surface area contributed by atoms with Crippen LogP contribution in [-0.4, -0.2) is 25.0 Å². The van der Waals surface area contributed by atoms with Crippen LogP contribution in [0.25, 0.3) is 0 Å². The molecular weight excluding hydrogens is 316 g/mol. The molecule has 0 spiro atoms. The van der Waals surface area contributed by atoms with Crippen molar-refractivity contribution in [3.8, 4) is 5.75 Å². The molecule has 0 bridgehead atoms. The maximum atomic E-state index is 12.0. The molecule has 0 saturated heterocycles. The van der Waals surface area contributed by atoms with Crippen LogP contribution in [0.1, 0.15) is 46.8 Å². The van der Waals surface area contributed by atoms with E-state index in [4.69, 9.17) is 9.47 Å². The zero-order valence-electron chi connectivity index (χ0n) is 15.2. The van der Waals surface area contributed by atoms with E-state index in [1.54, 1.807) is 12.1 Å². The van der Waals surface area contributed by atoms with Crippen LogP contribution in [0.2, 0.25) is 0 Å². The average molecular weight is 340 g/mol. The highest BCUT2D eigenvalue weighted by Gasteiger charge is 2.13. The first kappa shape index (κ1) is 18.7. The smallest absolute Gasteiger partial charge is 0.344 e. The normalized spacial score (nSPS) is 10.6. The van der Waals surface area contributed by atoms with Gasteiger partial charge < -0.3 is 9.47 Å². The number of benzene rings is 2. The molecule has 4 nitrogen and oxygen atoms in total. The zero-order valence-corrected chi connectivity index (χ0v) is 15.2. The third-order valence-electron chi connectivity index (χ3n) is 3.87. The largest absolute Gasteiger partial charge is 0.482 e. The summed E-state index contributed by atoms with van der Waals surface area (Å²) >= 11 is 0. The molecule has 0 aliphatic carbocycles. The number of ketones is 1. The third kappa shape index (κ3) is 5.45. The molecule has 25 heavy (non-hydrogen) atoms. The lowest BCUT2D eigenvalue weighted by Crippen LogP contribution is -2.20. The van der Waals surface area contributed by atoms with Crippen molar-refractivity contribution in [3.63, 3.8) is 0 Å². The fourth-order valence-corrected chi connectivity index (χ4v) is 2.39. The summed E-state index contributed by atoms with van der Waals surface area (Å²) in [6, 6.07) is 13.1. The van der Waals surface area contributed by atoms with Crippen molar-refractivity contribution in [1.29, 1.82) is 0 Å². The number of Topliss-reactive ketones (excluding diaryl/α,β-unsaturated/α-hetero) is 1. The minimum atomic E-state index is -0.559. The molecule has 132 valence electrons. The number of aryl methyl sites for hydroxylation is 2. The zero-order chi connectivity index (χ0) is 18.4. The van der Waals surface area contributed by atoms with Crippen molar-refractivity contribution >= 4 is 11.8 Å². The Morgan fingerprint density at radius 2 is 1.56 bits per heavy atom. The molecule has 2 rings (SSSR count). The summed E-state index contributed by atoms with van der Waals surface area (Å²) in [5.74, 6) is 0.176. The lowest BCUT2D eigenvalue weighted by molar-refractivity contribution is -0.144. The van der Waals surface area contributed by atoms with Crippen LogP contribution in [-0.2, 0) is 9.53 Å². The highest BCUT2D eigenvalue weighted by molar-refractivity contribution is 5.98. The summed E-state index contributed by atoms with van der Waals surface area (Å²) in [5, 5.41) is 0. The summed E-state index contributed by atoms with van der Waals surface area (Å²) in [6.07, 6.45) is 0. The van der Waals surface area contributed by atoms with Crippen molar-refractivity contribution in [1.82, 2.24) is 0 Å². The Balaban J connectivity index is 1.88. The SMILES string of the molecule is Cc1ccc(C(=O)COC(=O)COc2cc(C)ccc2C(C)C)cc1. The second-order valence-electron chi connectivity index (χ2n) is 6.43. The minimum Gasteiger partial charge on any atom is -0.482 e. The first-order valence-electron chi connectivity index (χ1n) is 8.35. The second kappa shape index (κ2) is 8.47. The van der Waals surface area contributed by atoms with E-state index in [0.717, 1.165) is 16.7 Å². The Bertz CT molecular complexity index is 745. The van der Waals surface area contributed by atoms with E-state index in [0.29, 0.717) is 11.3 Å². The molecule has 0 saturated carbocycles. The van der Waals surface area contributed by atoms with Crippen molar-refractivity contribution < 1.29 is 19.1 Å². The molecule has 0 aliphatic rings. The van der Waals surface area contributed by atoms with Gasteiger partial charge in [-0.1, -0.05) is 55.8 Å².